The van der Waals surface area contributed by atoms with E-state index in [0.717, 1.165) is 0 Å². The maximum absolute atomic E-state index is 12.9. The van der Waals surface area contributed by atoms with E-state index in [1.54, 1.807) is 18.2 Å². The number of aryl methyl sites for hydroxylation is 2. The second-order valence-corrected chi connectivity index (χ2v) is 3.54. The first-order chi connectivity index (χ1) is 7.56. The molecule has 0 aromatic heterocycles. The van der Waals surface area contributed by atoms with Crippen LogP contribution in [-0.2, 0) is 17.6 Å². The SMILES string of the molecule is CCc1cccc(CCC(=O)O)c1C(F)F. The fourth-order valence-electron chi connectivity index (χ4n) is 1.71. The molecule has 0 bridgehead atoms. The van der Waals surface area contributed by atoms with E-state index in [2.05, 4.69) is 0 Å². The number of aliphatic carboxylic acids is 1. The van der Waals surface area contributed by atoms with Gasteiger partial charge in [0.05, 0.1) is 0 Å². The molecule has 0 aliphatic carbocycles. The summed E-state index contributed by atoms with van der Waals surface area (Å²) in [6.45, 7) is 1.81. The van der Waals surface area contributed by atoms with Crippen molar-refractivity contribution in [2.75, 3.05) is 0 Å². The van der Waals surface area contributed by atoms with Gasteiger partial charge in [-0.1, -0.05) is 25.1 Å². The van der Waals surface area contributed by atoms with Crippen LogP contribution in [0.25, 0.3) is 0 Å². The van der Waals surface area contributed by atoms with Crippen molar-refractivity contribution in [3.8, 4) is 0 Å². The van der Waals surface area contributed by atoms with Crippen LogP contribution in [0.1, 0.15) is 36.5 Å². The van der Waals surface area contributed by atoms with E-state index < -0.39 is 12.4 Å². The molecule has 0 unspecified atom stereocenters. The lowest BCUT2D eigenvalue weighted by molar-refractivity contribution is -0.136. The normalized spacial score (nSPS) is 10.8. The Bertz CT molecular complexity index is 375. The summed E-state index contributed by atoms with van der Waals surface area (Å²) in [6.07, 6.45) is -1.98. The van der Waals surface area contributed by atoms with Crippen molar-refractivity contribution in [2.24, 2.45) is 0 Å². The van der Waals surface area contributed by atoms with Gasteiger partial charge in [0.25, 0.3) is 6.43 Å². The molecule has 16 heavy (non-hydrogen) atoms. The third-order valence-corrected chi connectivity index (χ3v) is 2.49. The van der Waals surface area contributed by atoms with Gasteiger partial charge in [0.2, 0.25) is 0 Å². The third kappa shape index (κ3) is 3.02. The Kier molecular flexibility index (Phi) is 4.40. The highest BCUT2D eigenvalue weighted by atomic mass is 19.3. The van der Waals surface area contributed by atoms with E-state index in [4.69, 9.17) is 5.11 Å². The van der Waals surface area contributed by atoms with E-state index in [1.807, 2.05) is 6.92 Å². The van der Waals surface area contributed by atoms with Gasteiger partial charge in [0.1, 0.15) is 0 Å². The van der Waals surface area contributed by atoms with Gasteiger partial charge in [-0.3, -0.25) is 4.79 Å². The van der Waals surface area contributed by atoms with Gasteiger partial charge in [-0.05, 0) is 24.0 Å². The maximum atomic E-state index is 12.9. The Labute approximate surface area is 92.9 Å². The first-order valence-corrected chi connectivity index (χ1v) is 5.16. The minimum atomic E-state index is -2.54. The minimum absolute atomic E-state index is 0.00579. The molecule has 4 heteroatoms. The standard InChI is InChI=1S/C12H14F2O2/c1-2-8-4-3-5-9(6-7-10(15)16)11(8)12(13)14/h3-5,12H,2,6-7H2,1H3,(H,15,16). The van der Waals surface area contributed by atoms with E-state index in [-0.39, 0.29) is 18.4 Å². The number of carboxylic acid groups (broad SMARTS) is 1. The van der Waals surface area contributed by atoms with Crippen LogP contribution in [0.3, 0.4) is 0 Å². The van der Waals surface area contributed by atoms with Gasteiger partial charge in [0.15, 0.2) is 0 Å². The molecule has 1 rings (SSSR count). The highest BCUT2D eigenvalue weighted by Gasteiger charge is 2.16. The van der Waals surface area contributed by atoms with Crippen LogP contribution in [0.15, 0.2) is 18.2 Å². The molecule has 0 saturated carbocycles. The van der Waals surface area contributed by atoms with Crippen molar-refractivity contribution in [2.45, 2.75) is 32.6 Å². The van der Waals surface area contributed by atoms with E-state index in [1.165, 1.54) is 0 Å². The Hall–Kier alpha value is -1.45. The van der Waals surface area contributed by atoms with Crippen molar-refractivity contribution in [3.63, 3.8) is 0 Å². The molecular formula is C12H14F2O2. The lowest BCUT2D eigenvalue weighted by atomic mass is 9.96. The topological polar surface area (TPSA) is 37.3 Å². The predicted molar refractivity (Wildman–Crippen MR) is 56.7 cm³/mol. The second-order valence-electron chi connectivity index (χ2n) is 3.54. The second kappa shape index (κ2) is 5.58. The number of carbonyl (C=O) groups is 1. The highest BCUT2D eigenvalue weighted by Crippen LogP contribution is 2.28. The van der Waals surface area contributed by atoms with Crippen molar-refractivity contribution in [1.82, 2.24) is 0 Å². The monoisotopic (exact) mass is 228 g/mol. The number of hydrogen-bond donors (Lipinski definition) is 1. The predicted octanol–water partition coefficient (Wildman–Crippen LogP) is 3.20. The molecule has 0 fully saturated rings. The minimum Gasteiger partial charge on any atom is -0.481 e. The Morgan fingerprint density at radius 1 is 1.38 bits per heavy atom. The van der Waals surface area contributed by atoms with Crippen molar-refractivity contribution >= 4 is 5.97 Å². The number of halogens is 2. The smallest absolute Gasteiger partial charge is 0.303 e. The lowest BCUT2D eigenvalue weighted by Gasteiger charge is -2.12. The Morgan fingerprint density at radius 3 is 2.50 bits per heavy atom. The molecule has 0 amide bonds. The third-order valence-electron chi connectivity index (χ3n) is 2.49. The van der Waals surface area contributed by atoms with Crippen molar-refractivity contribution in [3.05, 3.63) is 34.9 Å². The molecule has 88 valence electrons. The fraction of sp³-hybridized carbons (Fsp3) is 0.417. The van der Waals surface area contributed by atoms with Crippen LogP contribution in [0, 0.1) is 0 Å². The van der Waals surface area contributed by atoms with Crippen LogP contribution < -0.4 is 0 Å². The molecule has 1 aromatic carbocycles. The molecule has 0 radical (unpaired) electrons. The number of hydrogen-bond acceptors (Lipinski definition) is 1. The summed E-state index contributed by atoms with van der Waals surface area (Å²) in [5.74, 6) is -0.970. The summed E-state index contributed by atoms with van der Waals surface area (Å²) in [5, 5.41) is 8.54. The number of rotatable bonds is 5. The van der Waals surface area contributed by atoms with Crippen LogP contribution in [0.4, 0.5) is 8.78 Å². The first kappa shape index (κ1) is 12.6. The summed E-state index contributed by atoms with van der Waals surface area (Å²) in [4.78, 5) is 10.4. The van der Waals surface area contributed by atoms with Crippen LogP contribution in [0.2, 0.25) is 0 Å². The summed E-state index contributed by atoms with van der Waals surface area (Å²) >= 11 is 0. The van der Waals surface area contributed by atoms with Crippen LogP contribution in [-0.4, -0.2) is 11.1 Å². The number of carboxylic acids is 1. The van der Waals surface area contributed by atoms with Gasteiger partial charge in [-0.15, -0.1) is 0 Å². The molecule has 1 aromatic rings. The van der Waals surface area contributed by atoms with E-state index >= 15 is 0 Å². The van der Waals surface area contributed by atoms with Gasteiger partial charge in [-0.2, -0.15) is 0 Å². The van der Waals surface area contributed by atoms with Crippen molar-refractivity contribution < 1.29 is 18.7 Å². The van der Waals surface area contributed by atoms with Crippen LogP contribution in [0.5, 0.6) is 0 Å². The largest absolute Gasteiger partial charge is 0.481 e. The Balaban J connectivity index is 3.02. The summed E-state index contributed by atoms with van der Waals surface area (Å²) in [5.41, 5.74) is 1.04. The van der Waals surface area contributed by atoms with Crippen molar-refractivity contribution in [1.29, 1.82) is 0 Å². The van der Waals surface area contributed by atoms with E-state index in [0.29, 0.717) is 17.5 Å². The molecule has 0 aliphatic heterocycles. The van der Waals surface area contributed by atoms with Gasteiger partial charge < -0.3 is 5.11 Å². The molecule has 0 heterocycles. The highest BCUT2D eigenvalue weighted by molar-refractivity contribution is 5.67. The Morgan fingerprint density at radius 2 is 2.00 bits per heavy atom. The fourth-order valence-corrected chi connectivity index (χ4v) is 1.71. The van der Waals surface area contributed by atoms with Gasteiger partial charge in [-0.25, -0.2) is 8.78 Å². The molecular weight excluding hydrogens is 214 g/mol. The zero-order valence-corrected chi connectivity index (χ0v) is 9.04. The van der Waals surface area contributed by atoms with Crippen LogP contribution >= 0.6 is 0 Å². The molecule has 2 nitrogen and oxygen atoms in total. The molecule has 0 saturated heterocycles. The number of benzene rings is 1. The first-order valence-electron chi connectivity index (χ1n) is 5.16. The average Bonchev–Trinajstić information content (AvgIpc) is 2.25. The van der Waals surface area contributed by atoms with Gasteiger partial charge >= 0.3 is 5.97 Å². The summed E-state index contributed by atoms with van der Waals surface area (Å²) in [6, 6.07) is 4.93. The van der Waals surface area contributed by atoms with Gasteiger partial charge in [0, 0.05) is 12.0 Å². The quantitative estimate of drug-likeness (QED) is 0.840. The summed E-state index contributed by atoms with van der Waals surface area (Å²) < 4.78 is 25.7. The molecule has 0 aliphatic rings. The zero-order valence-electron chi connectivity index (χ0n) is 9.04. The van der Waals surface area contributed by atoms with E-state index in [9.17, 15) is 13.6 Å². The molecule has 1 N–H and O–H groups in total. The lowest BCUT2D eigenvalue weighted by Crippen LogP contribution is -2.03. The summed E-state index contributed by atoms with van der Waals surface area (Å²) in [7, 11) is 0. The average molecular weight is 228 g/mol. The number of alkyl halides is 2. The molecule has 0 spiro atoms. The molecule has 0 atom stereocenters. The maximum Gasteiger partial charge on any atom is 0.303 e. The zero-order chi connectivity index (χ0) is 12.1.